The summed E-state index contributed by atoms with van der Waals surface area (Å²) in [6.45, 7) is 9.07. The lowest BCUT2D eigenvalue weighted by molar-refractivity contribution is 0.336. The van der Waals surface area contributed by atoms with Gasteiger partial charge in [-0.1, -0.05) is 18.2 Å². The predicted molar refractivity (Wildman–Crippen MR) is 114 cm³/mol. The number of para-hydroxylation sites is 1. The number of thiophene rings is 1. The molecule has 0 unspecified atom stereocenters. The highest BCUT2D eigenvalue weighted by atomic mass is 127. The molecule has 0 radical (unpaired) electrons. The SMILES string of the molecule is CCNC(=NCc1ccccc1OCC)NCc1ccc(C)s1.I. The molecule has 0 aliphatic carbocycles. The van der Waals surface area contributed by atoms with Gasteiger partial charge >= 0.3 is 0 Å². The molecule has 0 saturated carbocycles. The van der Waals surface area contributed by atoms with Crippen molar-refractivity contribution in [1.82, 2.24) is 10.6 Å². The Kier molecular flexibility index (Phi) is 9.78. The lowest BCUT2D eigenvalue weighted by Crippen LogP contribution is -2.36. The van der Waals surface area contributed by atoms with Gasteiger partial charge in [0.2, 0.25) is 0 Å². The van der Waals surface area contributed by atoms with Crippen LogP contribution in [0.1, 0.15) is 29.2 Å². The summed E-state index contributed by atoms with van der Waals surface area (Å²) in [7, 11) is 0. The van der Waals surface area contributed by atoms with Crippen molar-refractivity contribution in [3.63, 3.8) is 0 Å². The highest BCUT2D eigenvalue weighted by molar-refractivity contribution is 14.0. The van der Waals surface area contributed by atoms with E-state index in [-0.39, 0.29) is 24.0 Å². The number of nitrogens with zero attached hydrogens (tertiary/aromatic N) is 1. The predicted octanol–water partition coefficient (Wildman–Crippen LogP) is 4.33. The summed E-state index contributed by atoms with van der Waals surface area (Å²) in [6, 6.07) is 12.3. The van der Waals surface area contributed by atoms with Crippen LogP contribution in [0.15, 0.2) is 41.4 Å². The van der Waals surface area contributed by atoms with Gasteiger partial charge in [0.25, 0.3) is 0 Å². The number of rotatable bonds is 7. The standard InChI is InChI=1S/C18H25N3OS.HI/c1-4-19-18(21-13-16-11-10-14(3)23-16)20-12-15-8-6-7-9-17(15)22-5-2;/h6-11H,4-5,12-13H2,1-3H3,(H2,19,20,21);1H. The Hall–Kier alpha value is -1.28. The third-order valence-corrected chi connectivity index (χ3v) is 4.25. The van der Waals surface area contributed by atoms with Gasteiger partial charge in [-0.05, 0) is 39.0 Å². The number of benzene rings is 1. The normalized spacial score (nSPS) is 10.9. The van der Waals surface area contributed by atoms with Crippen LogP contribution in [0.5, 0.6) is 5.75 Å². The molecule has 0 aliphatic rings. The van der Waals surface area contributed by atoms with E-state index in [1.165, 1.54) is 9.75 Å². The highest BCUT2D eigenvalue weighted by Crippen LogP contribution is 2.18. The van der Waals surface area contributed by atoms with Gasteiger partial charge in [-0.25, -0.2) is 4.99 Å². The van der Waals surface area contributed by atoms with Gasteiger partial charge in [0, 0.05) is 21.9 Å². The van der Waals surface area contributed by atoms with Crippen LogP contribution < -0.4 is 15.4 Å². The first kappa shape index (κ1) is 20.8. The Morgan fingerprint density at radius 2 is 1.92 bits per heavy atom. The Labute approximate surface area is 165 Å². The van der Waals surface area contributed by atoms with Gasteiger partial charge in [-0.3, -0.25) is 0 Å². The lowest BCUT2D eigenvalue weighted by Gasteiger charge is -2.12. The maximum atomic E-state index is 5.65. The molecule has 24 heavy (non-hydrogen) atoms. The van der Waals surface area contributed by atoms with E-state index in [2.05, 4.69) is 47.7 Å². The van der Waals surface area contributed by atoms with Crippen molar-refractivity contribution < 1.29 is 4.74 Å². The van der Waals surface area contributed by atoms with Crippen LogP contribution in [0, 0.1) is 6.92 Å². The maximum absolute atomic E-state index is 5.65. The van der Waals surface area contributed by atoms with Crippen molar-refractivity contribution in [2.45, 2.75) is 33.9 Å². The van der Waals surface area contributed by atoms with Crippen LogP contribution in [-0.2, 0) is 13.1 Å². The summed E-state index contributed by atoms with van der Waals surface area (Å²) in [5.74, 6) is 1.73. The van der Waals surface area contributed by atoms with Gasteiger partial charge < -0.3 is 15.4 Å². The summed E-state index contributed by atoms with van der Waals surface area (Å²) >= 11 is 1.81. The summed E-state index contributed by atoms with van der Waals surface area (Å²) in [6.07, 6.45) is 0. The van der Waals surface area contributed by atoms with Crippen molar-refractivity contribution in [2.24, 2.45) is 4.99 Å². The Morgan fingerprint density at radius 1 is 1.12 bits per heavy atom. The fraction of sp³-hybridized carbons (Fsp3) is 0.389. The monoisotopic (exact) mass is 459 g/mol. The van der Waals surface area contributed by atoms with E-state index in [0.29, 0.717) is 13.2 Å². The van der Waals surface area contributed by atoms with Gasteiger partial charge in [0.1, 0.15) is 5.75 Å². The van der Waals surface area contributed by atoms with Crippen LogP contribution >= 0.6 is 35.3 Å². The van der Waals surface area contributed by atoms with E-state index in [9.17, 15) is 0 Å². The second-order valence-electron chi connectivity index (χ2n) is 5.10. The van der Waals surface area contributed by atoms with Gasteiger partial charge in [0.15, 0.2) is 5.96 Å². The number of halogens is 1. The highest BCUT2D eigenvalue weighted by Gasteiger charge is 2.04. The molecular weight excluding hydrogens is 433 g/mol. The average molecular weight is 459 g/mol. The van der Waals surface area contributed by atoms with E-state index in [1.54, 1.807) is 11.3 Å². The first-order valence-electron chi connectivity index (χ1n) is 8.01. The van der Waals surface area contributed by atoms with Crippen LogP contribution in [0.4, 0.5) is 0 Å². The van der Waals surface area contributed by atoms with Crippen LogP contribution in [0.3, 0.4) is 0 Å². The average Bonchev–Trinajstić information content (AvgIpc) is 2.97. The van der Waals surface area contributed by atoms with Gasteiger partial charge in [-0.2, -0.15) is 0 Å². The number of guanidine groups is 1. The van der Waals surface area contributed by atoms with E-state index < -0.39 is 0 Å². The molecule has 2 rings (SSSR count). The molecule has 1 aromatic heterocycles. The number of ether oxygens (including phenoxy) is 1. The summed E-state index contributed by atoms with van der Waals surface area (Å²) in [5.41, 5.74) is 1.10. The minimum Gasteiger partial charge on any atom is -0.494 e. The van der Waals surface area contributed by atoms with Crippen LogP contribution in [0.2, 0.25) is 0 Å². The molecule has 132 valence electrons. The molecule has 1 aromatic carbocycles. The third-order valence-electron chi connectivity index (χ3n) is 3.25. The molecule has 0 bridgehead atoms. The number of nitrogens with one attached hydrogen (secondary N) is 2. The molecular formula is C18H26IN3OS. The second-order valence-corrected chi connectivity index (χ2v) is 6.47. The van der Waals surface area contributed by atoms with Gasteiger partial charge in [-0.15, -0.1) is 35.3 Å². The Bertz CT molecular complexity index is 643. The first-order chi connectivity index (χ1) is 11.2. The fourth-order valence-corrected chi connectivity index (χ4v) is 3.02. The molecule has 0 amide bonds. The third kappa shape index (κ3) is 6.68. The molecule has 6 heteroatoms. The minimum absolute atomic E-state index is 0. The molecule has 0 aliphatic heterocycles. The van der Waals surface area contributed by atoms with E-state index in [4.69, 9.17) is 4.74 Å². The van der Waals surface area contributed by atoms with Crippen LogP contribution in [0.25, 0.3) is 0 Å². The summed E-state index contributed by atoms with van der Waals surface area (Å²) in [4.78, 5) is 7.30. The smallest absolute Gasteiger partial charge is 0.191 e. The Morgan fingerprint density at radius 3 is 2.58 bits per heavy atom. The molecule has 1 heterocycles. The Balaban J connectivity index is 0.00000288. The van der Waals surface area contributed by atoms with Crippen molar-refractivity contribution in [2.75, 3.05) is 13.2 Å². The zero-order valence-electron chi connectivity index (χ0n) is 14.5. The molecule has 0 saturated heterocycles. The number of aliphatic imine (C=N–C) groups is 1. The largest absolute Gasteiger partial charge is 0.494 e. The zero-order chi connectivity index (χ0) is 16.5. The van der Waals surface area contributed by atoms with Gasteiger partial charge in [0.05, 0.1) is 19.7 Å². The quantitative estimate of drug-likeness (QED) is 0.368. The van der Waals surface area contributed by atoms with Crippen molar-refractivity contribution in [3.8, 4) is 5.75 Å². The number of hydrogen-bond donors (Lipinski definition) is 2. The van der Waals surface area contributed by atoms with E-state index in [0.717, 1.165) is 30.4 Å². The fourth-order valence-electron chi connectivity index (χ4n) is 2.19. The summed E-state index contributed by atoms with van der Waals surface area (Å²) < 4.78 is 5.65. The van der Waals surface area contributed by atoms with E-state index in [1.807, 2.05) is 25.1 Å². The number of aryl methyl sites for hydroxylation is 1. The maximum Gasteiger partial charge on any atom is 0.191 e. The zero-order valence-corrected chi connectivity index (χ0v) is 17.6. The van der Waals surface area contributed by atoms with E-state index >= 15 is 0 Å². The first-order valence-corrected chi connectivity index (χ1v) is 8.82. The lowest BCUT2D eigenvalue weighted by atomic mass is 10.2. The molecule has 0 spiro atoms. The van der Waals surface area contributed by atoms with Crippen molar-refractivity contribution in [3.05, 3.63) is 51.7 Å². The molecule has 0 fully saturated rings. The molecule has 2 aromatic rings. The van der Waals surface area contributed by atoms with Crippen molar-refractivity contribution in [1.29, 1.82) is 0 Å². The molecule has 2 N–H and O–H groups in total. The summed E-state index contributed by atoms with van der Waals surface area (Å²) in [5, 5.41) is 6.66. The molecule has 4 nitrogen and oxygen atoms in total. The second kappa shape index (κ2) is 11.3. The minimum atomic E-state index is 0. The molecule has 0 atom stereocenters. The van der Waals surface area contributed by atoms with Crippen molar-refractivity contribution >= 4 is 41.3 Å². The van der Waals surface area contributed by atoms with Crippen LogP contribution in [-0.4, -0.2) is 19.1 Å². The topological polar surface area (TPSA) is 45.7 Å². The number of hydrogen-bond acceptors (Lipinski definition) is 3.